The highest BCUT2D eigenvalue weighted by molar-refractivity contribution is 7.61. The van der Waals surface area contributed by atoms with Gasteiger partial charge in [0.25, 0.3) is 0 Å². The molecule has 3 saturated carbocycles. The minimum atomic E-state index is -5.37. The van der Waals surface area contributed by atoms with Gasteiger partial charge in [-0.3, -0.25) is 23.2 Å². The summed E-state index contributed by atoms with van der Waals surface area (Å²) in [5.74, 6) is -0.900. The van der Waals surface area contributed by atoms with Gasteiger partial charge in [-0.1, -0.05) is 19.4 Å². The summed E-state index contributed by atoms with van der Waals surface area (Å²) in [7, 11) is -10.7. The average Bonchev–Trinajstić information content (AvgIpc) is 3.49. The summed E-state index contributed by atoms with van der Waals surface area (Å²) in [4.78, 5) is 61.6. The van der Waals surface area contributed by atoms with Gasteiger partial charge in [-0.25, -0.2) is 13.9 Å². The Kier molecular flexibility index (Phi) is 9.81. The van der Waals surface area contributed by atoms with Crippen molar-refractivity contribution in [2.75, 3.05) is 18.9 Å². The Balaban J connectivity index is 1.04. The molecular formula is C30H43N3O14P2. The van der Waals surface area contributed by atoms with Crippen LogP contribution in [0, 0.1) is 34.5 Å². The number of anilines is 1. The zero-order valence-electron chi connectivity index (χ0n) is 27.1. The van der Waals surface area contributed by atoms with E-state index in [2.05, 4.69) is 16.2 Å². The highest BCUT2D eigenvalue weighted by atomic mass is 31.3. The molecule has 2 heterocycles. The quantitative estimate of drug-likeness (QED) is 0.186. The molecule has 0 spiro atoms. The van der Waals surface area contributed by atoms with Crippen LogP contribution in [0.25, 0.3) is 0 Å². The molecule has 272 valence electrons. The average molecular weight is 732 g/mol. The Morgan fingerprint density at radius 2 is 1.80 bits per heavy atom. The van der Waals surface area contributed by atoms with Crippen molar-refractivity contribution >= 4 is 33.0 Å². The lowest BCUT2D eigenvalue weighted by molar-refractivity contribution is -0.146. The Morgan fingerprint density at radius 3 is 2.51 bits per heavy atom. The van der Waals surface area contributed by atoms with Crippen molar-refractivity contribution in [2.45, 2.75) is 89.4 Å². The lowest BCUT2D eigenvalue weighted by Crippen LogP contribution is -2.57. The first-order valence-electron chi connectivity index (χ1n) is 16.3. The van der Waals surface area contributed by atoms with E-state index in [0.29, 0.717) is 25.7 Å². The fourth-order valence-corrected chi connectivity index (χ4v) is 11.6. The van der Waals surface area contributed by atoms with E-state index in [0.717, 1.165) is 35.6 Å². The van der Waals surface area contributed by atoms with Gasteiger partial charge in [-0.05, 0) is 79.3 Å². The predicted molar refractivity (Wildman–Crippen MR) is 168 cm³/mol. The number of carbonyl (C=O) groups excluding carboxylic acids is 2. The van der Waals surface area contributed by atoms with Crippen molar-refractivity contribution in [2.24, 2.45) is 34.5 Å². The molecular weight excluding hydrogens is 688 g/mol. The second-order valence-electron chi connectivity index (χ2n) is 14.4. The maximum absolute atomic E-state index is 13.5. The van der Waals surface area contributed by atoms with Crippen molar-refractivity contribution < 1.29 is 61.9 Å². The van der Waals surface area contributed by atoms with E-state index in [1.54, 1.807) is 6.08 Å². The molecule has 1 aromatic rings. The molecule has 4 fully saturated rings. The summed E-state index contributed by atoms with van der Waals surface area (Å²) in [6.07, 6.45) is 0.0719. The number of Topliss-reactive ketones (excluding diaryl/α,β-unsaturated/α-hetero) is 1. The largest absolute Gasteiger partial charge is 0.481 e. The summed E-state index contributed by atoms with van der Waals surface area (Å²) < 4.78 is 45.4. The smallest absolute Gasteiger partial charge is 0.393 e. The third-order valence-electron chi connectivity index (χ3n) is 11.7. The Bertz CT molecular complexity index is 1690. The van der Waals surface area contributed by atoms with Gasteiger partial charge in [0.05, 0.1) is 12.7 Å². The van der Waals surface area contributed by atoms with E-state index >= 15 is 0 Å². The van der Waals surface area contributed by atoms with Gasteiger partial charge in [0.15, 0.2) is 17.8 Å². The first-order valence-corrected chi connectivity index (χ1v) is 19.3. The maximum Gasteiger partial charge on any atom is 0.481 e. The first kappa shape index (κ1) is 36.6. The van der Waals surface area contributed by atoms with E-state index in [1.165, 1.54) is 6.07 Å². The minimum Gasteiger partial charge on any atom is -0.393 e. The molecule has 19 heteroatoms. The van der Waals surface area contributed by atoms with Crippen LogP contribution in [-0.2, 0) is 36.8 Å². The third kappa shape index (κ3) is 6.81. The molecule has 13 atom stereocenters. The van der Waals surface area contributed by atoms with Crippen LogP contribution in [0.4, 0.5) is 5.82 Å². The number of nitrogens with two attached hydrogens (primary N) is 1. The van der Waals surface area contributed by atoms with E-state index in [1.807, 2.05) is 6.92 Å². The number of fused-ring (bicyclic) bond motifs is 5. The van der Waals surface area contributed by atoms with Crippen LogP contribution in [0.15, 0.2) is 28.7 Å². The molecule has 7 N–H and O–H groups in total. The highest BCUT2D eigenvalue weighted by Crippen LogP contribution is 2.67. The number of hydrogen-bond donors (Lipinski definition) is 6. The number of nitrogens with zero attached hydrogens (tertiary/aromatic N) is 2. The number of aromatic nitrogens is 2. The maximum atomic E-state index is 13.5. The SMILES string of the molecule is CC12CCC(=O)C=C1CCC1C2C(O)CC2(C)C1CC[C@@H]2C(=O)COP(=O)(O)OP(=O)(O)OC[C@H]1OC(n2ccc(N)nc2=O)[C@@H](O)[C@@H]1O. The number of carbonyl (C=O) groups is 2. The van der Waals surface area contributed by atoms with E-state index in [-0.39, 0.29) is 34.8 Å². The third-order valence-corrected chi connectivity index (χ3v) is 14.3. The number of phosphoric acid groups is 2. The van der Waals surface area contributed by atoms with Crippen molar-refractivity contribution in [3.8, 4) is 0 Å². The fourth-order valence-electron chi connectivity index (χ4n) is 9.52. The lowest BCUT2D eigenvalue weighted by Gasteiger charge is -2.59. The Hall–Kier alpha value is -2.14. The monoisotopic (exact) mass is 731 g/mol. The number of ketones is 2. The molecule has 0 amide bonds. The van der Waals surface area contributed by atoms with E-state index in [9.17, 15) is 48.6 Å². The molecule has 0 aromatic carbocycles. The molecule has 1 saturated heterocycles. The van der Waals surface area contributed by atoms with Gasteiger partial charge in [0.2, 0.25) is 0 Å². The van der Waals surface area contributed by atoms with Crippen LogP contribution in [0.5, 0.6) is 0 Å². The molecule has 1 aromatic heterocycles. The molecule has 0 radical (unpaired) electrons. The molecule has 4 aliphatic carbocycles. The van der Waals surface area contributed by atoms with E-state index < -0.39 is 82.3 Å². The van der Waals surface area contributed by atoms with Gasteiger partial charge in [-0.2, -0.15) is 9.29 Å². The number of aliphatic hydroxyl groups is 3. The number of phosphoric ester groups is 2. The number of nitrogen functional groups attached to an aromatic ring is 1. The van der Waals surface area contributed by atoms with E-state index in [4.69, 9.17) is 19.5 Å². The van der Waals surface area contributed by atoms with Gasteiger partial charge in [0, 0.05) is 18.5 Å². The van der Waals surface area contributed by atoms with Crippen molar-refractivity contribution in [1.82, 2.24) is 9.55 Å². The van der Waals surface area contributed by atoms with Crippen LogP contribution in [-0.4, -0.2) is 83.9 Å². The summed E-state index contributed by atoms with van der Waals surface area (Å²) in [5.41, 5.74) is 4.75. The summed E-state index contributed by atoms with van der Waals surface area (Å²) >= 11 is 0. The molecule has 49 heavy (non-hydrogen) atoms. The van der Waals surface area contributed by atoms with Crippen LogP contribution in [0.3, 0.4) is 0 Å². The van der Waals surface area contributed by atoms with Crippen LogP contribution in [0.1, 0.15) is 65.0 Å². The predicted octanol–water partition coefficient (Wildman–Crippen LogP) is 1.38. The van der Waals surface area contributed by atoms with Crippen molar-refractivity contribution in [1.29, 1.82) is 0 Å². The summed E-state index contributed by atoms with van der Waals surface area (Å²) in [5, 5.41) is 32.2. The Morgan fingerprint density at radius 1 is 1.08 bits per heavy atom. The zero-order valence-corrected chi connectivity index (χ0v) is 28.9. The molecule has 5 aliphatic rings. The highest BCUT2D eigenvalue weighted by Gasteiger charge is 2.63. The van der Waals surface area contributed by atoms with Crippen LogP contribution >= 0.6 is 15.6 Å². The number of hydrogen-bond acceptors (Lipinski definition) is 14. The minimum absolute atomic E-state index is 0.0453. The summed E-state index contributed by atoms with van der Waals surface area (Å²) in [6, 6.07) is 1.25. The molecule has 0 bridgehead atoms. The topological polar surface area (TPSA) is 267 Å². The number of rotatable bonds is 10. The summed E-state index contributed by atoms with van der Waals surface area (Å²) in [6.45, 7) is 2.27. The number of ether oxygens (including phenoxy) is 1. The van der Waals surface area contributed by atoms with Gasteiger partial charge >= 0.3 is 21.3 Å². The lowest BCUT2D eigenvalue weighted by atomic mass is 9.46. The molecule has 6 rings (SSSR count). The zero-order chi connectivity index (χ0) is 35.7. The second kappa shape index (κ2) is 13.1. The molecule has 9 unspecified atom stereocenters. The fraction of sp³-hybridized carbons (Fsp3) is 0.733. The van der Waals surface area contributed by atoms with Crippen molar-refractivity contribution in [3.63, 3.8) is 0 Å². The van der Waals surface area contributed by atoms with Crippen molar-refractivity contribution in [3.05, 3.63) is 34.4 Å². The van der Waals surface area contributed by atoms with Gasteiger partial charge in [0.1, 0.15) is 30.7 Å². The molecule has 17 nitrogen and oxygen atoms in total. The normalized spacial score (nSPS) is 41.2. The molecule has 1 aliphatic heterocycles. The Labute approximate surface area is 281 Å². The van der Waals surface area contributed by atoms with Crippen LogP contribution < -0.4 is 11.4 Å². The van der Waals surface area contributed by atoms with Gasteiger partial charge < -0.3 is 35.6 Å². The number of aliphatic hydroxyl groups excluding tert-OH is 3. The van der Waals surface area contributed by atoms with Gasteiger partial charge in [-0.15, -0.1) is 0 Å². The second-order valence-corrected chi connectivity index (χ2v) is 17.5. The first-order chi connectivity index (χ1) is 22.8. The number of allylic oxidation sites excluding steroid dienone is 1. The van der Waals surface area contributed by atoms with Crippen LogP contribution in [0.2, 0.25) is 0 Å². The standard InChI is InChI=1S/C30H43N3O14P2/c1-29-9-7-16(34)11-15(29)3-4-17-18-5-6-19(30(18,2)12-20(35)24(17)29)21(36)13-44-48(40,41)47-49(42,43)45-14-22-25(37)26(38)27(46-22)33-10-8-23(31)32-28(33)39/h8,10-11,17-20,22,24-27,35,37-38H,3-7,9,12-14H2,1-2H3,(H,40,41)(H,42,43)(H2,31,32,39)/t17?,18?,19-,20?,22-,24?,25-,26+,27?,29?,30?/m1/s1.